The quantitative estimate of drug-likeness (QED) is 0.824. The van der Waals surface area contributed by atoms with Crippen molar-refractivity contribution in [3.05, 3.63) is 54.4 Å². The van der Waals surface area contributed by atoms with Gasteiger partial charge in [0.15, 0.2) is 0 Å². The lowest BCUT2D eigenvalue weighted by molar-refractivity contribution is 0.413. The minimum atomic E-state index is 0.105. The summed E-state index contributed by atoms with van der Waals surface area (Å²) in [4.78, 5) is 5.24. The molecule has 0 amide bonds. The molecule has 2 rings (SSSR count). The van der Waals surface area contributed by atoms with Crippen molar-refractivity contribution in [3.63, 3.8) is 0 Å². The second-order valence-corrected chi connectivity index (χ2v) is 5.79. The number of methoxy groups -OCH3 is 1. The van der Waals surface area contributed by atoms with E-state index in [0.29, 0.717) is 0 Å². The van der Waals surface area contributed by atoms with Crippen LogP contribution in [0.15, 0.2) is 53.7 Å². The molecule has 2 unspecified atom stereocenters. The predicted molar refractivity (Wildman–Crippen MR) is 84.1 cm³/mol. The van der Waals surface area contributed by atoms with Crippen molar-refractivity contribution in [2.45, 2.75) is 29.5 Å². The number of nitrogens with two attached hydrogens (primary N) is 1. The average Bonchev–Trinajstić information content (AvgIpc) is 2.53. The van der Waals surface area contributed by atoms with Gasteiger partial charge in [-0.3, -0.25) is 4.98 Å². The highest BCUT2D eigenvalue weighted by molar-refractivity contribution is 7.99. The van der Waals surface area contributed by atoms with E-state index in [1.807, 2.05) is 42.7 Å². The molecule has 2 atom stereocenters. The van der Waals surface area contributed by atoms with E-state index < -0.39 is 0 Å². The van der Waals surface area contributed by atoms with Crippen molar-refractivity contribution in [1.82, 2.24) is 4.98 Å². The lowest BCUT2D eigenvalue weighted by Crippen LogP contribution is -2.25. The zero-order valence-corrected chi connectivity index (χ0v) is 12.6. The van der Waals surface area contributed by atoms with Crippen LogP contribution in [0.4, 0.5) is 0 Å². The molecule has 106 valence electrons. The van der Waals surface area contributed by atoms with Crippen LogP contribution in [0.5, 0.6) is 5.75 Å². The highest BCUT2D eigenvalue weighted by atomic mass is 32.2. The monoisotopic (exact) mass is 288 g/mol. The summed E-state index contributed by atoms with van der Waals surface area (Å²) in [6, 6.07) is 12.3. The molecule has 2 aromatic rings. The highest BCUT2D eigenvalue weighted by Crippen LogP contribution is 2.38. The Labute approximate surface area is 124 Å². The number of rotatable bonds is 6. The van der Waals surface area contributed by atoms with Gasteiger partial charge in [-0.2, -0.15) is 0 Å². The maximum absolute atomic E-state index is 6.30. The Morgan fingerprint density at radius 1 is 1.25 bits per heavy atom. The third-order valence-corrected chi connectivity index (χ3v) is 4.60. The average molecular weight is 288 g/mol. The maximum atomic E-state index is 6.30. The Bertz CT molecular complexity index is 533. The number of thioether (sulfide) groups is 1. The van der Waals surface area contributed by atoms with Gasteiger partial charge < -0.3 is 10.5 Å². The van der Waals surface area contributed by atoms with E-state index in [9.17, 15) is 0 Å². The van der Waals surface area contributed by atoms with Crippen molar-refractivity contribution in [2.75, 3.05) is 7.11 Å². The molecule has 2 N–H and O–H groups in total. The second-order valence-electron chi connectivity index (χ2n) is 4.57. The van der Waals surface area contributed by atoms with Crippen molar-refractivity contribution < 1.29 is 4.74 Å². The van der Waals surface area contributed by atoms with Gasteiger partial charge in [-0.05, 0) is 42.3 Å². The molecule has 1 aromatic carbocycles. The summed E-state index contributed by atoms with van der Waals surface area (Å²) in [5, 5.41) is 0.218. The van der Waals surface area contributed by atoms with Crippen LogP contribution in [0.25, 0.3) is 0 Å². The molecule has 0 aliphatic rings. The molecule has 20 heavy (non-hydrogen) atoms. The first kappa shape index (κ1) is 14.9. The van der Waals surface area contributed by atoms with E-state index in [0.717, 1.165) is 17.1 Å². The summed E-state index contributed by atoms with van der Waals surface area (Å²) in [5.74, 6) is 0.869. The topological polar surface area (TPSA) is 48.1 Å². The van der Waals surface area contributed by atoms with Gasteiger partial charge in [0.25, 0.3) is 0 Å². The van der Waals surface area contributed by atoms with Crippen LogP contribution in [0.2, 0.25) is 0 Å². The Hall–Kier alpha value is -1.52. The van der Waals surface area contributed by atoms with Crippen LogP contribution in [0, 0.1) is 0 Å². The predicted octanol–water partition coefficient (Wildman–Crippen LogP) is 3.66. The van der Waals surface area contributed by atoms with E-state index >= 15 is 0 Å². The summed E-state index contributed by atoms with van der Waals surface area (Å²) >= 11 is 1.77. The molecule has 4 heteroatoms. The highest BCUT2D eigenvalue weighted by Gasteiger charge is 2.20. The van der Waals surface area contributed by atoms with Gasteiger partial charge in [-0.15, -0.1) is 11.8 Å². The molecule has 1 aromatic heterocycles. The first-order valence-electron chi connectivity index (χ1n) is 6.70. The molecule has 0 bridgehead atoms. The molecule has 0 spiro atoms. The molecule has 0 fully saturated rings. The van der Waals surface area contributed by atoms with Gasteiger partial charge in [0.05, 0.1) is 7.11 Å². The smallest absolute Gasteiger partial charge is 0.119 e. The van der Waals surface area contributed by atoms with E-state index in [1.165, 1.54) is 5.56 Å². The molecule has 0 radical (unpaired) electrons. The van der Waals surface area contributed by atoms with Crippen molar-refractivity contribution in [2.24, 2.45) is 5.73 Å². The van der Waals surface area contributed by atoms with E-state index in [1.54, 1.807) is 18.9 Å². The Morgan fingerprint density at radius 3 is 2.65 bits per heavy atom. The third-order valence-electron chi connectivity index (χ3n) is 3.20. The first-order chi connectivity index (χ1) is 9.74. The lowest BCUT2D eigenvalue weighted by atomic mass is 10.1. The summed E-state index contributed by atoms with van der Waals surface area (Å²) in [6.45, 7) is 2.12. The van der Waals surface area contributed by atoms with E-state index in [4.69, 9.17) is 10.5 Å². The fourth-order valence-corrected chi connectivity index (χ4v) is 3.29. The summed E-state index contributed by atoms with van der Waals surface area (Å²) in [6.07, 6.45) is 4.57. The van der Waals surface area contributed by atoms with Crippen molar-refractivity contribution in [1.29, 1.82) is 0 Å². The zero-order chi connectivity index (χ0) is 14.4. The van der Waals surface area contributed by atoms with Crippen LogP contribution >= 0.6 is 11.8 Å². The van der Waals surface area contributed by atoms with Crippen molar-refractivity contribution in [3.8, 4) is 5.75 Å². The van der Waals surface area contributed by atoms with Crippen molar-refractivity contribution >= 4 is 11.8 Å². The summed E-state index contributed by atoms with van der Waals surface area (Å²) in [7, 11) is 1.68. The molecule has 0 aliphatic heterocycles. The normalized spacial score (nSPS) is 13.8. The number of hydrogen-bond acceptors (Lipinski definition) is 4. The van der Waals surface area contributed by atoms with Gasteiger partial charge in [0, 0.05) is 28.6 Å². The minimum absolute atomic E-state index is 0.105. The fourth-order valence-electron chi connectivity index (χ4n) is 1.99. The first-order valence-corrected chi connectivity index (χ1v) is 7.58. The number of aromatic nitrogens is 1. The Balaban J connectivity index is 2.24. The van der Waals surface area contributed by atoms with Gasteiger partial charge in [0.2, 0.25) is 0 Å². The van der Waals surface area contributed by atoms with Crippen LogP contribution in [0.1, 0.15) is 24.2 Å². The molecular formula is C16H20N2OS. The zero-order valence-electron chi connectivity index (χ0n) is 11.8. The number of ether oxygens (including phenoxy) is 1. The molecule has 3 nitrogen and oxygen atoms in total. The third kappa shape index (κ3) is 3.74. The molecular weight excluding hydrogens is 268 g/mol. The van der Waals surface area contributed by atoms with Gasteiger partial charge in [-0.25, -0.2) is 0 Å². The molecule has 1 heterocycles. The minimum Gasteiger partial charge on any atom is -0.497 e. The SMILES string of the molecule is CCC(N)C(Sc1cccc(OC)c1)c1ccncc1. The molecule has 0 saturated carbocycles. The number of nitrogens with zero attached hydrogens (tertiary/aromatic N) is 1. The number of pyridine rings is 1. The van der Waals surface area contributed by atoms with Crippen LogP contribution in [0.3, 0.4) is 0 Å². The second kappa shape index (κ2) is 7.31. The van der Waals surface area contributed by atoms with E-state index in [2.05, 4.69) is 18.0 Å². The van der Waals surface area contributed by atoms with Crippen LogP contribution in [-0.4, -0.2) is 18.1 Å². The van der Waals surface area contributed by atoms with Gasteiger partial charge in [-0.1, -0.05) is 13.0 Å². The number of benzene rings is 1. The summed E-state index contributed by atoms with van der Waals surface area (Å²) < 4.78 is 5.27. The Kier molecular flexibility index (Phi) is 5.44. The lowest BCUT2D eigenvalue weighted by Gasteiger charge is -2.23. The van der Waals surface area contributed by atoms with Gasteiger partial charge >= 0.3 is 0 Å². The molecule has 0 aliphatic carbocycles. The maximum Gasteiger partial charge on any atom is 0.119 e. The number of hydrogen-bond donors (Lipinski definition) is 1. The largest absolute Gasteiger partial charge is 0.497 e. The summed E-state index contributed by atoms with van der Waals surface area (Å²) in [5.41, 5.74) is 7.51. The molecule has 0 saturated heterocycles. The van der Waals surface area contributed by atoms with Gasteiger partial charge in [0.1, 0.15) is 5.75 Å². The Morgan fingerprint density at radius 2 is 2.00 bits per heavy atom. The fraction of sp³-hybridized carbons (Fsp3) is 0.312. The van der Waals surface area contributed by atoms with Crippen LogP contribution < -0.4 is 10.5 Å². The standard InChI is InChI=1S/C16H20N2OS/c1-3-15(17)16(12-7-9-18-10-8-12)20-14-6-4-5-13(11-14)19-2/h4-11,15-16H,3,17H2,1-2H3. The van der Waals surface area contributed by atoms with E-state index in [-0.39, 0.29) is 11.3 Å². The van der Waals surface area contributed by atoms with Crippen LogP contribution in [-0.2, 0) is 0 Å².